The Morgan fingerprint density at radius 3 is 2.00 bits per heavy atom. The quantitative estimate of drug-likeness (QED) is 0.587. The molecule has 1 rings (SSSR count). The maximum atomic E-state index is 13.2. The van der Waals surface area contributed by atoms with Gasteiger partial charge in [-0.25, -0.2) is 8.78 Å². The molecule has 0 heterocycles. The van der Waals surface area contributed by atoms with Crippen LogP contribution in [-0.4, -0.2) is 0 Å². The van der Waals surface area contributed by atoms with Crippen LogP contribution in [-0.2, 0) is 6.18 Å². The normalized spacial score (nSPS) is 12.2. The highest BCUT2D eigenvalue weighted by atomic mass is 19.4. The summed E-state index contributed by atoms with van der Waals surface area (Å²) in [6, 6.07) is 0.825. The Kier molecular flexibility index (Phi) is 3.12. The van der Waals surface area contributed by atoms with Crippen LogP contribution in [0.15, 0.2) is 6.07 Å². The van der Waals surface area contributed by atoms with Gasteiger partial charge in [0.2, 0.25) is 0 Å². The van der Waals surface area contributed by atoms with Crippen molar-refractivity contribution in [1.82, 2.24) is 0 Å². The van der Waals surface area contributed by atoms with Crippen molar-refractivity contribution in [2.24, 2.45) is 0 Å². The average molecular weight is 239 g/mol. The fourth-order valence-electron chi connectivity index (χ4n) is 1.41. The lowest BCUT2D eigenvalue weighted by molar-refractivity contribution is -0.141. The van der Waals surface area contributed by atoms with Gasteiger partial charge in [-0.05, 0) is 17.5 Å². The van der Waals surface area contributed by atoms with Gasteiger partial charge in [0, 0.05) is 0 Å². The molecule has 0 aliphatic rings. The van der Waals surface area contributed by atoms with Crippen LogP contribution in [0.5, 0.6) is 0 Å². The second-order valence-electron chi connectivity index (χ2n) is 3.71. The number of rotatable bonds is 1. The molecule has 0 fully saturated rings. The number of hydrogen-bond acceptors (Lipinski definition) is 1. The van der Waals surface area contributed by atoms with Crippen LogP contribution < -0.4 is 5.73 Å². The minimum absolute atomic E-state index is 0.344. The molecule has 0 spiro atoms. The Morgan fingerprint density at radius 1 is 1.12 bits per heavy atom. The molecule has 0 saturated carbocycles. The van der Waals surface area contributed by atoms with Crippen LogP contribution in [0.4, 0.5) is 27.6 Å². The molecule has 0 bridgehead atoms. The Morgan fingerprint density at radius 2 is 1.62 bits per heavy atom. The predicted molar refractivity (Wildman–Crippen MR) is 49.9 cm³/mol. The Balaban J connectivity index is 3.62. The van der Waals surface area contributed by atoms with E-state index in [1.54, 1.807) is 0 Å². The van der Waals surface area contributed by atoms with Crippen LogP contribution >= 0.6 is 0 Å². The molecule has 0 atom stereocenters. The molecule has 0 aliphatic carbocycles. The van der Waals surface area contributed by atoms with Crippen molar-refractivity contribution < 1.29 is 22.0 Å². The van der Waals surface area contributed by atoms with Crippen molar-refractivity contribution >= 4 is 5.69 Å². The molecule has 0 aliphatic heterocycles. The fourth-order valence-corrected chi connectivity index (χ4v) is 1.41. The van der Waals surface area contributed by atoms with Gasteiger partial charge in [0.1, 0.15) is 0 Å². The van der Waals surface area contributed by atoms with Crippen LogP contribution in [0.3, 0.4) is 0 Å². The fraction of sp³-hybridized carbons (Fsp3) is 0.400. The standard InChI is InChI=1S/C10H10F5N/c1-4(2)5-3-6(16)8(11)9(12)7(5)10(13,14)15/h3-4H,16H2,1-2H3. The third-order valence-corrected chi connectivity index (χ3v) is 2.17. The lowest BCUT2D eigenvalue weighted by atomic mass is 9.95. The van der Waals surface area contributed by atoms with Gasteiger partial charge in [-0.2, -0.15) is 13.2 Å². The zero-order chi connectivity index (χ0) is 12.7. The summed E-state index contributed by atoms with van der Waals surface area (Å²) < 4.78 is 63.8. The van der Waals surface area contributed by atoms with Crippen LogP contribution in [0.25, 0.3) is 0 Å². The number of alkyl halides is 3. The van der Waals surface area contributed by atoms with Crippen molar-refractivity contribution in [2.45, 2.75) is 25.9 Å². The van der Waals surface area contributed by atoms with Gasteiger partial charge in [-0.15, -0.1) is 0 Å². The van der Waals surface area contributed by atoms with Gasteiger partial charge < -0.3 is 5.73 Å². The molecule has 90 valence electrons. The molecular weight excluding hydrogens is 229 g/mol. The zero-order valence-electron chi connectivity index (χ0n) is 8.62. The first-order valence-electron chi connectivity index (χ1n) is 4.50. The summed E-state index contributed by atoms with van der Waals surface area (Å²) >= 11 is 0. The minimum Gasteiger partial charge on any atom is -0.396 e. The lowest BCUT2D eigenvalue weighted by Gasteiger charge is -2.17. The van der Waals surface area contributed by atoms with E-state index in [1.165, 1.54) is 13.8 Å². The number of nitrogens with two attached hydrogens (primary N) is 1. The summed E-state index contributed by atoms with van der Waals surface area (Å²) in [6.07, 6.45) is -4.93. The van der Waals surface area contributed by atoms with Gasteiger partial charge in [0.15, 0.2) is 11.6 Å². The van der Waals surface area contributed by atoms with Crippen LogP contribution in [0, 0.1) is 11.6 Å². The maximum Gasteiger partial charge on any atom is 0.419 e. The molecule has 0 aromatic heterocycles. The average Bonchev–Trinajstić information content (AvgIpc) is 2.10. The van der Waals surface area contributed by atoms with Crippen LogP contribution in [0.1, 0.15) is 30.9 Å². The second kappa shape index (κ2) is 3.92. The van der Waals surface area contributed by atoms with Crippen molar-refractivity contribution in [2.75, 3.05) is 5.73 Å². The minimum atomic E-state index is -4.93. The third kappa shape index (κ3) is 2.10. The molecule has 0 radical (unpaired) electrons. The first-order chi connectivity index (χ1) is 7.16. The highest BCUT2D eigenvalue weighted by molar-refractivity contribution is 5.49. The molecule has 6 heteroatoms. The number of hydrogen-bond donors (Lipinski definition) is 1. The van der Waals surface area contributed by atoms with Gasteiger partial charge >= 0.3 is 6.18 Å². The highest BCUT2D eigenvalue weighted by Crippen LogP contribution is 2.39. The summed E-state index contributed by atoms with van der Waals surface area (Å²) in [5.41, 5.74) is 2.55. The van der Waals surface area contributed by atoms with Crippen molar-refractivity contribution in [3.05, 3.63) is 28.8 Å². The Bertz CT molecular complexity index is 409. The topological polar surface area (TPSA) is 26.0 Å². The van der Waals surface area contributed by atoms with Crippen LogP contribution in [0.2, 0.25) is 0 Å². The van der Waals surface area contributed by atoms with E-state index in [1.807, 2.05) is 0 Å². The van der Waals surface area contributed by atoms with E-state index in [9.17, 15) is 22.0 Å². The van der Waals surface area contributed by atoms with Gasteiger partial charge in [-0.1, -0.05) is 13.8 Å². The second-order valence-corrected chi connectivity index (χ2v) is 3.71. The SMILES string of the molecule is CC(C)c1cc(N)c(F)c(F)c1C(F)(F)F. The van der Waals surface area contributed by atoms with E-state index >= 15 is 0 Å². The Hall–Kier alpha value is -1.33. The van der Waals surface area contributed by atoms with Gasteiger partial charge in [0.25, 0.3) is 0 Å². The number of halogens is 5. The summed E-state index contributed by atoms with van der Waals surface area (Å²) in [7, 11) is 0. The summed E-state index contributed by atoms with van der Waals surface area (Å²) in [5, 5.41) is 0. The smallest absolute Gasteiger partial charge is 0.396 e. The third-order valence-electron chi connectivity index (χ3n) is 2.17. The molecule has 2 N–H and O–H groups in total. The molecule has 0 unspecified atom stereocenters. The zero-order valence-corrected chi connectivity index (χ0v) is 8.62. The monoisotopic (exact) mass is 239 g/mol. The number of anilines is 1. The van der Waals surface area contributed by atoms with E-state index < -0.39 is 35.0 Å². The summed E-state index contributed by atoms with van der Waals surface area (Å²) in [5.74, 6) is -4.19. The molecule has 0 saturated heterocycles. The largest absolute Gasteiger partial charge is 0.419 e. The molecule has 1 nitrogen and oxygen atoms in total. The summed E-state index contributed by atoms with van der Waals surface area (Å²) in [6.45, 7) is 2.89. The molecule has 0 amide bonds. The van der Waals surface area contributed by atoms with Gasteiger partial charge in [-0.3, -0.25) is 0 Å². The highest BCUT2D eigenvalue weighted by Gasteiger charge is 2.39. The molecule has 1 aromatic carbocycles. The first kappa shape index (κ1) is 12.7. The number of nitrogen functional groups attached to an aromatic ring is 1. The predicted octanol–water partition coefficient (Wildman–Crippen LogP) is 3.69. The van der Waals surface area contributed by atoms with Gasteiger partial charge in [0.05, 0.1) is 11.3 Å². The van der Waals surface area contributed by atoms with E-state index in [2.05, 4.69) is 0 Å². The van der Waals surface area contributed by atoms with E-state index in [-0.39, 0.29) is 5.56 Å². The Labute approximate surface area is 89.1 Å². The molecule has 16 heavy (non-hydrogen) atoms. The molecule has 1 aromatic rings. The van der Waals surface area contributed by atoms with Crippen molar-refractivity contribution in [3.8, 4) is 0 Å². The summed E-state index contributed by atoms with van der Waals surface area (Å²) in [4.78, 5) is 0. The first-order valence-corrected chi connectivity index (χ1v) is 4.50. The molecular formula is C10H10F5N. The van der Waals surface area contributed by atoms with E-state index in [0.29, 0.717) is 0 Å². The maximum absolute atomic E-state index is 13.2. The van der Waals surface area contributed by atoms with Crippen molar-refractivity contribution in [3.63, 3.8) is 0 Å². The van der Waals surface area contributed by atoms with E-state index in [0.717, 1.165) is 6.07 Å². The lowest BCUT2D eigenvalue weighted by Crippen LogP contribution is -2.15. The number of benzene rings is 1. The van der Waals surface area contributed by atoms with Crippen molar-refractivity contribution in [1.29, 1.82) is 0 Å². The van der Waals surface area contributed by atoms with E-state index in [4.69, 9.17) is 5.73 Å².